The van der Waals surface area contributed by atoms with Gasteiger partial charge >= 0.3 is 0 Å². The fourth-order valence-corrected chi connectivity index (χ4v) is 2.35. The predicted molar refractivity (Wildman–Crippen MR) is 76.4 cm³/mol. The molecule has 1 aromatic heterocycles. The minimum Gasteiger partial charge on any atom is -0.328 e. The second kappa shape index (κ2) is 6.20. The van der Waals surface area contributed by atoms with E-state index in [1.165, 1.54) is 12.0 Å². The lowest BCUT2D eigenvalue weighted by Crippen LogP contribution is -2.12. The van der Waals surface area contributed by atoms with E-state index in [1.54, 1.807) is 0 Å². The SMILES string of the molecule is C=Cc1nccn1C(CCC)Cc1ccccc1. The fourth-order valence-electron chi connectivity index (χ4n) is 2.35. The highest BCUT2D eigenvalue weighted by atomic mass is 15.1. The Kier molecular flexibility index (Phi) is 4.35. The Morgan fingerprint density at radius 1 is 1.33 bits per heavy atom. The Hall–Kier alpha value is -1.83. The van der Waals surface area contributed by atoms with E-state index in [0.717, 1.165) is 18.7 Å². The summed E-state index contributed by atoms with van der Waals surface area (Å²) in [5.41, 5.74) is 1.37. The van der Waals surface area contributed by atoms with E-state index in [4.69, 9.17) is 0 Å². The van der Waals surface area contributed by atoms with E-state index in [0.29, 0.717) is 6.04 Å². The van der Waals surface area contributed by atoms with E-state index in [9.17, 15) is 0 Å². The molecule has 0 amide bonds. The van der Waals surface area contributed by atoms with Crippen molar-refractivity contribution in [2.75, 3.05) is 0 Å². The molecular formula is C16H20N2. The highest BCUT2D eigenvalue weighted by Gasteiger charge is 2.13. The summed E-state index contributed by atoms with van der Waals surface area (Å²) in [6.45, 7) is 6.05. The van der Waals surface area contributed by atoms with Gasteiger partial charge in [0.15, 0.2) is 0 Å². The molecule has 1 unspecified atom stereocenters. The Bertz CT molecular complexity index is 485. The molecule has 0 spiro atoms. The van der Waals surface area contributed by atoms with E-state index >= 15 is 0 Å². The third kappa shape index (κ3) is 2.89. The molecule has 0 aliphatic carbocycles. The van der Waals surface area contributed by atoms with Crippen LogP contribution in [-0.2, 0) is 6.42 Å². The second-order valence-corrected chi connectivity index (χ2v) is 4.53. The van der Waals surface area contributed by atoms with Crippen LogP contribution in [0.1, 0.15) is 37.2 Å². The maximum absolute atomic E-state index is 4.32. The second-order valence-electron chi connectivity index (χ2n) is 4.53. The number of nitrogens with zero attached hydrogens (tertiary/aromatic N) is 2. The zero-order chi connectivity index (χ0) is 12.8. The van der Waals surface area contributed by atoms with Crippen LogP contribution in [-0.4, -0.2) is 9.55 Å². The van der Waals surface area contributed by atoms with Crippen LogP contribution in [0, 0.1) is 0 Å². The summed E-state index contributed by atoms with van der Waals surface area (Å²) in [7, 11) is 0. The standard InChI is InChI=1S/C16H20N2/c1-3-8-15(13-14-9-6-5-7-10-14)18-12-11-17-16(18)4-2/h4-7,9-12,15H,2-3,8,13H2,1H3. The number of imidazole rings is 1. The van der Waals surface area contributed by atoms with Crippen LogP contribution in [0.5, 0.6) is 0 Å². The molecule has 0 saturated carbocycles. The summed E-state index contributed by atoms with van der Waals surface area (Å²) in [4.78, 5) is 4.32. The quantitative estimate of drug-likeness (QED) is 0.743. The van der Waals surface area contributed by atoms with Gasteiger partial charge in [0, 0.05) is 18.4 Å². The average Bonchev–Trinajstić information content (AvgIpc) is 2.87. The molecule has 0 fully saturated rings. The molecule has 2 aromatic rings. The number of rotatable bonds is 6. The molecule has 1 atom stereocenters. The number of hydrogen-bond acceptors (Lipinski definition) is 1. The van der Waals surface area contributed by atoms with Gasteiger partial charge in [0.1, 0.15) is 5.82 Å². The summed E-state index contributed by atoms with van der Waals surface area (Å²) in [6, 6.07) is 11.1. The lowest BCUT2D eigenvalue weighted by Gasteiger charge is -2.19. The lowest BCUT2D eigenvalue weighted by atomic mass is 10.0. The highest BCUT2D eigenvalue weighted by Crippen LogP contribution is 2.21. The maximum Gasteiger partial charge on any atom is 0.132 e. The highest BCUT2D eigenvalue weighted by molar-refractivity contribution is 5.37. The molecule has 1 heterocycles. The van der Waals surface area contributed by atoms with Gasteiger partial charge in [-0.2, -0.15) is 0 Å². The smallest absolute Gasteiger partial charge is 0.132 e. The van der Waals surface area contributed by atoms with Gasteiger partial charge in [-0.3, -0.25) is 0 Å². The van der Waals surface area contributed by atoms with Gasteiger partial charge < -0.3 is 4.57 Å². The summed E-state index contributed by atoms with van der Waals surface area (Å²) < 4.78 is 2.24. The molecule has 1 aromatic carbocycles. The fraction of sp³-hybridized carbons (Fsp3) is 0.312. The van der Waals surface area contributed by atoms with E-state index < -0.39 is 0 Å². The monoisotopic (exact) mass is 240 g/mol. The Balaban J connectivity index is 2.21. The van der Waals surface area contributed by atoms with Gasteiger partial charge in [0.25, 0.3) is 0 Å². The van der Waals surface area contributed by atoms with Crippen molar-refractivity contribution in [2.45, 2.75) is 32.2 Å². The first-order valence-corrected chi connectivity index (χ1v) is 6.54. The van der Waals surface area contributed by atoms with Crippen LogP contribution < -0.4 is 0 Å². The van der Waals surface area contributed by atoms with Crippen LogP contribution in [0.4, 0.5) is 0 Å². The summed E-state index contributed by atoms with van der Waals surface area (Å²) >= 11 is 0. The van der Waals surface area contributed by atoms with Gasteiger partial charge in [-0.15, -0.1) is 0 Å². The molecule has 0 aliphatic rings. The van der Waals surface area contributed by atoms with Gasteiger partial charge in [-0.1, -0.05) is 50.3 Å². The van der Waals surface area contributed by atoms with E-state index in [-0.39, 0.29) is 0 Å². The molecule has 0 radical (unpaired) electrons. The molecule has 18 heavy (non-hydrogen) atoms. The van der Waals surface area contributed by atoms with Crippen molar-refractivity contribution in [1.29, 1.82) is 0 Å². The van der Waals surface area contributed by atoms with Gasteiger partial charge in [-0.25, -0.2) is 4.98 Å². The van der Waals surface area contributed by atoms with Crippen LogP contribution in [0.3, 0.4) is 0 Å². The molecular weight excluding hydrogens is 220 g/mol. The van der Waals surface area contributed by atoms with Gasteiger partial charge in [-0.05, 0) is 24.5 Å². The summed E-state index contributed by atoms with van der Waals surface area (Å²) in [6.07, 6.45) is 9.11. The predicted octanol–water partition coefficient (Wildman–Crippen LogP) is 4.11. The Morgan fingerprint density at radius 3 is 2.78 bits per heavy atom. The van der Waals surface area contributed by atoms with E-state index in [1.807, 2.05) is 12.3 Å². The Labute approximate surface area is 109 Å². The molecule has 2 nitrogen and oxygen atoms in total. The largest absolute Gasteiger partial charge is 0.328 e. The van der Waals surface area contributed by atoms with Crippen molar-refractivity contribution >= 4 is 6.08 Å². The average molecular weight is 240 g/mol. The molecule has 0 saturated heterocycles. The summed E-state index contributed by atoms with van der Waals surface area (Å²) in [5, 5.41) is 0. The molecule has 0 N–H and O–H groups in total. The van der Waals surface area contributed by atoms with Crippen LogP contribution in [0.25, 0.3) is 6.08 Å². The molecule has 2 rings (SSSR count). The minimum atomic E-state index is 0.466. The first-order chi connectivity index (χ1) is 8.85. The maximum atomic E-state index is 4.32. The summed E-state index contributed by atoms with van der Waals surface area (Å²) in [5.74, 6) is 0.962. The molecule has 94 valence electrons. The van der Waals surface area contributed by atoms with Crippen molar-refractivity contribution in [3.8, 4) is 0 Å². The first kappa shape index (κ1) is 12.6. The minimum absolute atomic E-state index is 0.466. The van der Waals surface area contributed by atoms with Gasteiger partial charge in [0.05, 0.1) is 0 Å². The lowest BCUT2D eigenvalue weighted by molar-refractivity contribution is 0.455. The van der Waals surface area contributed by atoms with Crippen molar-refractivity contribution < 1.29 is 0 Å². The zero-order valence-corrected chi connectivity index (χ0v) is 10.9. The van der Waals surface area contributed by atoms with Gasteiger partial charge in [0.2, 0.25) is 0 Å². The molecule has 2 heteroatoms. The van der Waals surface area contributed by atoms with Crippen molar-refractivity contribution in [2.24, 2.45) is 0 Å². The zero-order valence-electron chi connectivity index (χ0n) is 10.9. The topological polar surface area (TPSA) is 17.8 Å². The van der Waals surface area contributed by atoms with Crippen molar-refractivity contribution in [3.05, 3.63) is 60.7 Å². The Morgan fingerprint density at radius 2 is 2.11 bits per heavy atom. The van der Waals surface area contributed by atoms with Crippen molar-refractivity contribution in [1.82, 2.24) is 9.55 Å². The van der Waals surface area contributed by atoms with Crippen molar-refractivity contribution in [3.63, 3.8) is 0 Å². The number of hydrogen-bond donors (Lipinski definition) is 0. The third-order valence-electron chi connectivity index (χ3n) is 3.21. The van der Waals surface area contributed by atoms with Crippen LogP contribution >= 0.6 is 0 Å². The van der Waals surface area contributed by atoms with Crippen LogP contribution in [0.2, 0.25) is 0 Å². The molecule has 0 bridgehead atoms. The molecule has 0 aliphatic heterocycles. The normalized spacial score (nSPS) is 12.3. The first-order valence-electron chi connectivity index (χ1n) is 6.54. The number of benzene rings is 1. The van der Waals surface area contributed by atoms with E-state index in [2.05, 4.69) is 59.6 Å². The number of aromatic nitrogens is 2. The third-order valence-corrected chi connectivity index (χ3v) is 3.21. The van der Waals surface area contributed by atoms with Crippen LogP contribution in [0.15, 0.2) is 49.3 Å².